The van der Waals surface area contributed by atoms with E-state index in [9.17, 15) is 0 Å². The third-order valence-corrected chi connectivity index (χ3v) is 2.91. The van der Waals surface area contributed by atoms with Crippen LogP contribution in [0.25, 0.3) is 0 Å². The lowest BCUT2D eigenvalue weighted by Gasteiger charge is -2.03. The van der Waals surface area contributed by atoms with Gasteiger partial charge < -0.3 is 10.3 Å². The molecule has 2 rings (SSSR count). The van der Waals surface area contributed by atoms with E-state index >= 15 is 0 Å². The topological polar surface area (TPSA) is 64.9 Å². The summed E-state index contributed by atoms with van der Waals surface area (Å²) in [5.41, 5.74) is 5.47. The van der Waals surface area contributed by atoms with E-state index in [2.05, 4.69) is 17.1 Å². The molecule has 1 unspecified atom stereocenters. The van der Waals surface area contributed by atoms with Crippen molar-refractivity contribution in [3.63, 3.8) is 0 Å². The summed E-state index contributed by atoms with van der Waals surface area (Å²) >= 11 is 0. The number of nitrogens with two attached hydrogens (primary N) is 1. The summed E-state index contributed by atoms with van der Waals surface area (Å²) in [4.78, 5) is 4.42. The Bertz CT molecular complexity index is 307. The molecule has 1 aromatic heterocycles. The third kappa shape index (κ3) is 3.02. The van der Waals surface area contributed by atoms with Crippen LogP contribution in [0.2, 0.25) is 0 Å². The first-order chi connectivity index (χ1) is 7.29. The zero-order chi connectivity index (χ0) is 10.7. The standard InChI is InChI=1S/C11H19N3O/c1-8(3-2-6-12)11-13-10(14-15-11)7-9-4-5-9/h8-9H,2-7,12H2,1H3. The molecule has 2 N–H and O–H groups in total. The van der Waals surface area contributed by atoms with Crippen LogP contribution in [0.3, 0.4) is 0 Å². The van der Waals surface area contributed by atoms with E-state index < -0.39 is 0 Å². The van der Waals surface area contributed by atoms with Crippen molar-refractivity contribution in [2.45, 2.75) is 44.9 Å². The smallest absolute Gasteiger partial charge is 0.229 e. The Morgan fingerprint density at radius 2 is 2.33 bits per heavy atom. The van der Waals surface area contributed by atoms with E-state index in [0.29, 0.717) is 5.92 Å². The fourth-order valence-electron chi connectivity index (χ4n) is 1.68. The Hall–Kier alpha value is -0.900. The highest BCUT2D eigenvalue weighted by atomic mass is 16.5. The third-order valence-electron chi connectivity index (χ3n) is 2.91. The van der Waals surface area contributed by atoms with E-state index in [-0.39, 0.29) is 0 Å². The van der Waals surface area contributed by atoms with Gasteiger partial charge in [-0.1, -0.05) is 12.1 Å². The van der Waals surface area contributed by atoms with E-state index in [1.165, 1.54) is 12.8 Å². The molecule has 0 aromatic carbocycles. The van der Waals surface area contributed by atoms with Gasteiger partial charge in [0.1, 0.15) is 0 Å². The molecule has 4 nitrogen and oxygen atoms in total. The van der Waals surface area contributed by atoms with E-state index in [1.807, 2.05) is 0 Å². The molecule has 1 heterocycles. The summed E-state index contributed by atoms with van der Waals surface area (Å²) in [6.07, 6.45) is 5.69. The van der Waals surface area contributed by atoms with E-state index in [4.69, 9.17) is 10.3 Å². The average Bonchev–Trinajstić information content (AvgIpc) is 2.91. The van der Waals surface area contributed by atoms with Crippen molar-refractivity contribution >= 4 is 0 Å². The van der Waals surface area contributed by atoms with Gasteiger partial charge in [-0.15, -0.1) is 0 Å². The number of rotatable bonds is 6. The molecule has 4 heteroatoms. The van der Waals surface area contributed by atoms with Crippen LogP contribution in [-0.2, 0) is 6.42 Å². The number of aromatic nitrogens is 2. The van der Waals surface area contributed by atoms with Gasteiger partial charge in [0.25, 0.3) is 0 Å². The molecule has 0 amide bonds. The second kappa shape index (κ2) is 4.75. The molecule has 15 heavy (non-hydrogen) atoms. The van der Waals surface area contributed by atoms with Gasteiger partial charge in [0.2, 0.25) is 5.89 Å². The van der Waals surface area contributed by atoms with Crippen molar-refractivity contribution in [1.29, 1.82) is 0 Å². The second-order valence-corrected chi connectivity index (χ2v) is 4.53. The maximum absolute atomic E-state index is 5.47. The van der Waals surface area contributed by atoms with Crippen molar-refractivity contribution in [2.75, 3.05) is 6.54 Å². The predicted molar refractivity (Wildman–Crippen MR) is 57.4 cm³/mol. The molecule has 1 saturated carbocycles. The molecule has 1 fully saturated rings. The Kier molecular flexibility index (Phi) is 3.36. The fourth-order valence-corrected chi connectivity index (χ4v) is 1.68. The molecule has 0 bridgehead atoms. The van der Waals surface area contributed by atoms with Gasteiger partial charge in [0.05, 0.1) is 0 Å². The van der Waals surface area contributed by atoms with Gasteiger partial charge in [-0.05, 0) is 38.1 Å². The molecule has 0 saturated heterocycles. The first kappa shape index (κ1) is 10.6. The van der Waals surface area contributed by atoms with Crippen LogP contribution < -0.4 is 5.73 Å². The largest absolute Gasteiger partial charge is 0.339 e. The maximum atomic E-state index is 5.47. The summed E-state index contributed by atoms with van der Waals surface area (Å²) in [6, 6.07) is 0. The summed E-state index contributed by atoms with van der Waals surface area (Å²) < 4.78 is 5.25. The van der Waals surface area contributed by atoms with Gasteiger partial charge >= 0.3 is 0 Å². The first-order valence-corrected chi connectivity index (χ1v) is 5.82. The van der Waals surface area contributed by atoms with Crippen molar-refractivity contribution < 1.29 is 4.52 Å². The van der Waals surface area contributed by atoms with Crippen LogP contribution in [0.15, 0.2) is 4.52 Å². The lowest BCUT2D eigenvalue weighted by atomic mass is 10.1. The summed E-state index contributed by atoms with van der Waals surface area (Å²) in [6.45, 7) is 2.84. The lowest BCUT2D eigenvalue weighted by molar-refractivity contribution is 0.347. The molecular weight excluding hydrogens is 190 g/mol. The minimum absolute atomic E-state index is 0.342. The zero-order valence-corrected chi connectivity index (χ0v) is 9.28. The number of hydrogen-bond acceptors (Lipinski definition) is 4. The van der Waals surface area contributed by atoms with Gasteiger partial charge in [-0.2, -0.15) is 4.98 Å². The molecule has 84 valence electrons. The Balaban J connectivity index is 1.86. The Labute approximate surface area is 90.2 Å². The molecule has 1 aliphatic rings. The van der Waals surface area contributed by atoms with Gasteiger partial charge in [0.15, 0.2) is 5.82 Å². The molecular formula is C11H19N3O. The lowest BCUT2D eigenvalue weighted by Crippen LogP contribution is -2.02. The Morgan fingerprint density at radius 1 is 1.53 bits per heavy atom. The SMILES string of the molecule is CC(CCCN)c1nc(CC2CC2)no1. The molecule has 0 aliphatic heterocycles. The van der Waals surface area contributed by atoms with Crippen molar-refractivity contribution in [3.05, 3.63) is 11.7 Å². The fraction of sp³-hybridized carbons (Fsp3) is 0.818. The Morgan fingerprint density at radius 3 is 3.00 bits per heavy atom. The zero-order valence-electron chi connectivity index (χ0n) is 9.28. The van der Waals surface area contributed by atoms with Gasteiger partial charge in [-0.3, -0.25) is 0 Å². The maximum Gasteiger partial charge on any atom is 0.229 e. The molecule has 1 aromatic rings. The minimum atomic E-state index is 0.342. The van der Waals surface area contributed by atoms with Crippen molar-refractivity contribution in [3.8, 4) is 0 Å². The minimum Gasteiger partial charge on any atom is -0.339 e. The number of nitrogens with zero attached hydrogens (tertiary/aromatic N) is 2. The molecule has 1 atom stereocenters. The molecule has 0 spiro atoms. The number of hydrogen-bond donors (Lipinski definition) is 1. The normalized spacial score (nSPS) is 18.0. The van der Waals surface area contributed by atoms with Crippen molar-refractivity contribution in [1.82, 2.24) is 10.1 Å². The summed E-state index contributed by atoms with van der Waals surface area (Å²) in [7, 11) is 0. The first-order valence-electron chi connectivity index (χ1n) is 5.82. The van der Waals surface area contributed by atoms with Crippen LogP contribution in [0, 0.1) is 5.92 Å². The molecule has 0 radical (unpaired) electrons. The monoisotopic (exact) mass is 209 g/mol. The second-order valence-electron chi connectivity index (χ2n) is 4.53. The van der Waals surface area contributed by atoms with Crippen LogP contribution in [-0.4, -0.2) is 16.7 Å². The summed E-state index contributed by atoms with van der Waals surface area (Å²) in [5.74, 6) is 2.81. The quantitative estimate of drug-likeness (QED) is 0.776. The van der Waals surface area contributed by atoms with E-state index in [1.54, 1.807) is 0 Å². The van der Waals surface area contributed by atoms with Gasteiger partial charge in [0, 0.05) is 12.3 Å². The van der Waals surface area contributed by atoms with Crippen LogP contribution in [0.1, 0.15) is 50.2 Å². The predicted octanol–water partition coefficient (Wildman–Crippen LogP) is 1.86. The van der Waals surface area contributed by atoms with Crippen LogP contribution in [0.5, 0.6) is 0 Å². The van der Waals surface area contributed by atoms with Crippen molar-refractivity contribution in [2.24, 2.45) is 11.7 Å². The van der Waals surface area contributed by atoms with Crippen LogP contribution >= 0.6 is 0 Å². The summed E-state index contributed by atoms with van der Waals surface area (Å²) in [5, 5.41) is 4.01. The molecule has 1 aliphatic carbocycles. The van der Waals surface area contributed by atoms with Gasteiger partial charge in [-0.25, -0.2) is 0 Å². The average molecular weight is 209 g/mol. The highest BCUT2D eigenvalue weighted by Gasteiger charge is 2.24. The van der Waals surface area contributed by atoms with Crippen LogP contribution in [0.4, 0.5) is 0 Å². The highest BCUT2D eigenvalue weighted by Crippen LogP contribution is 2.32. The van der Waals surface area contributed by atoms with E-state index in [0.717, 1.165) is 43.4 Å². The highest BCUT2D eigenvalue weighted by molar-refractivity contribution is 4.95.